The van der Waals surface area contributed by atoms with E-state index in [1.807, 2.05) is 0 Å². The molecule has 1 amide bonds. The summed E-state index contributed by atoms with van der Waals surface area (Å²) in [6.45, 7) is 4.53. The summed E-state index contributed by atoms with van der Waals surface area (Å²) >= 11 is 0. The summed E-state index contributed by atoms with van der Waals surface area (Å²) in [6, 6.07) is 3.11. The molecule has 190 valence electrons. The summed E-state index contributed by atoms with van der Waals surface area (Å²) in [5, 5.41) is 12.5. The number of alkyl halides is 4. The quantitative estimate of drug-likeness (QED) is 0.416. The van der Waals surface area contributed by atoms with E-state index in [9.17, 15) is 18.0 Å². The maximum atomic E-state index is 15.0. The molecule has 0 unspecified atom stereocenters. The van der Waals surface area contributed by atoms with Gasteiger partial charge in [0.15, 0.2) is 5.82 Å². The van der Waals surface area contributed by atoms with Crippen LogP contribution in [0.4, 0.5) is 34.1 Å². The van der Waals surface area contributed by atoms with Gasteiger partial charge in [-0.3, -0.25) is 14.2 Å². The Labute approximate surface area is 197 Å². The Balaban J connectivity index is 1.46. The van der Waals surface area contributed by atoms with Crippen molar-refractivity contribution in [3.05, 3.63) is 35.4 Å². The highest BCUT2D eigenvalue weighted by atomic mass is 19.4. The second-order valence-electron chi connectivity index (χ2n) is 8.62. The van der Waals surface area contributed by atoms with Crippen molar-refractivity contribution in [3.8, 4) is 0 Å². The topological polar surface area (TPSA) is 118 Å². The molecular formula is C21H25F4N7O3. The van der Waals surface area contributed by atoms with Gasteiger partial charge in [0, 0.05) is 41.7 Å². The highest BCUT2D eigenvalue weighted by Crippen LogP contribution is 2.38. The van der Waals surface area contributed by atoms with Crippen LogP contribution in [0, 0.1) is 6.92 Å². The molecule has 0 aromatic carbocycles. The lowest BCUT2D eigenvalue weighted by Crippen LogP contribution is -2.36. The first-order valence-electron chi connectivity index (χ1n) is 11.0. The van der Waals surface area contributed by atoms with Gasteiger partial charge in [-0.2, -0.15) is 5.10 Å². The van der Waals surface area contributed by atoms with E-state index >= 15 is 4.39 Å². The number of hydrogen-bond acceptors (Lipinski definition) is 7. The van der Waals surface area contributed by atoms with Crippen LogP contribution in [0.3, 0.4) is 0 Å². The van der Waals surface area contributed by atoms with Crippen LogP contribution in [0.25, 0.3) is 5.65 Å². The van der Waals surface area contributed by atoms with Gasteiger partial charge < -0.3 is 15.4 Å². The predicted molar refractivity (Wildman–Crippen MR) is 116 cm³/mol. The number of carbonyl (C=O) groups is 1. The Hall–Kier alpha value is -3.42. The smallest absolute Gasteiger partial charge is 0.443 e. The Morgan fingerprint density at radius 3 is 2.77 bits per heavy atom. The van der Waals surface area contributed by atoms with Gasteiger partial charge in [-0.05, 0) is 33.6 Å². The fourth-order valence-corrected chi connectivity index (χ4v) is 3.95. The number of nitrogens with one attached hydrogen (secondary N) is 3. The van der Waals surface area contributed by atoms with Gasteiger partial charge in [-0.15, -0.1) is 13.2 Å². The van der Waals surface area contributed by atoms with E-state index in [1.165, 1.54) is 10.6 Å². The molecule has 3 atom stereocenters. The third-order valence-corrected chi connectivity index (χ3v) is 5.42. The van der Waals surface area contributed by atoms with Crippen LogP contribution in [0.15, 0.2) is 18.3 Å². The van der Waals surface area contributed by atoms with Gasteiger partial charge in [0.1, 0.15) is 17.9 Å². The van der Waals surface area contributed by atoms with E-state index < -0.39 is 37.3 Å². The summed E-state index contributed by atoms with van der Waals surface area (Å²) in [7, 11) is 0. The number of hydrogen-bond donors (Lipinski definition) is 3. The molecule has 3 aromatic heterocycles. The van der Waals surface area contributed by atoms with Crippen LogP contribution in [-0.4, -0.2) is 55.3 Å². The number of alkyl carbamates (subject to hydrolysis) is 1. The highest BCUT2D eigenvalue weighted by Gasteiger charge is 2.41. The first-order valence-corrected chi connectivity index (χ1v) is 11.0. The van der Waals surface area contributed by atoms with E-state index in [2.05, 4.69) is 35.5 Å². The maximum Gasteiger partial charge on any atom is 0.522 e. The minimum absolute atomic E-state index is 0.0688. The van der Waals surface area contributed by atoms with Crippen LogP contribution >= 0.6 is 0 Å². The number of aromatic nitrogens is 5. The summed E-state index contributed by atoms with van der Waals surface area (Å²) in [5.41, 5.74) is 1.53. The Bertz CT molecular complexity index is 1190. The average Bonchev–Trinajstić information content (AvgIpc) is 3.45. The second kappa shape index (κ2) is 9.68. The molecule has 14 heteroatoms. The molecule has 0 spiro atoms. The zero-order valence-electron chi connectivity index (χ0n) is 19.2. The molecule has 1 saturated carbocycles. The molecule has 0 bridgehead atoms. The van der Waals surface area contributed by atoms with Gasteiger partial charge in [0.2, 0.25) is 5.95 Å². The van der Waals surface area contributed by atoms with Crippen molar-refractivity contribution in [1.29, 1.82) is 0 Å². The van der Waals surface area contributed by atoms with E-state index in [0.717, 1.165) is 0 Å². The summed E-state index contributed by atoms with van der Waals surface area (Å²) in [6.07, 6.45) is -5.49. The zero-order valence-corrected chi connectivity index (χ0v) is 19.2. The zero-order chi connectivity index (χ0) is 25.3. The Morgan fingerprint density at radius 2 is 2.06 bits per heavy atom. The number of fused-ring (bicyclic) bond motifs is 1. The second-order valence-corrected chi connectivity index (χ2v) is 8.62. The lowest BCUT2D eigenvalue weighted by Gasteiger charge is -2.18. The molecule has 0 saturated heterocycles. The number of imidazole rings is 1. The first kappa shape index (κ1) is 24.7. The van der Waals surface area contributed by atoms with Crippen LogP contribution in [0.1, 0.15) is 49.7 Å². The molecule has 0 radical (unpaired) electrons. The Kier molecular flexibility index (Phi) is 6.83. The summed E-state index contributed by atoms with van der Waals surface area (Å²) < 4.78 is 62.7. The van der Waals surface area contributed by atoms with Crippen molar-refractivity contribution < 1.29 is 31.8 Å². The minimum atomic E-state index is -4.77. The van der Waals surface area contributed by atoms with Gasteiger partial charge >= 0.3 is 12.5 Å². The Morgan fingerprint density at radius 1 is 1.29 bits per heavy atom. The van der Waals surface area contributed by atoms with E-state index in [-0.39, 0.29) is 17.7 Å². The number of rotatable bonds is 7. The number of ether oxygens (including phenoxy) is 2. The fraction of sp³-hybridized carbons (Fsp3) is 0.524. The number of amides is 1. The molecule has 35 heavy (non-hydrogen) atoms. The van der Waals surface area contributed by atoms with Crippen molar-refractivity contribution >= 4 is 23.5 Å². The molecular weight excluding hydrogens is 474 g/mol. The number of anilines is 2. The summed E-state index contributed by atoms with van der Waals surface area (Å²) in [4.78, 5) is 20.3. The lowest BCUT2D eigenvalue weighted by atomic mass is 10.0. The van der Waals surface area contributed by atoms with Crippen molar-refractivity contribution in [2.24, 2.45) is 0 Å². The number of halogens is 4. The van der Waals surface area contributed by atoms with E-state index in [4.69, 9.17) is 4.74 Å². The lowest BCUT2D eigenvalue weighted by molar-refractivity contribution is -0.330. The fourth-order valence-electron chi connectivity index (χ4n) is 3.95. The molecule has 3 aromatic rings. The van der Waals surface area contributed by atoms with Crippen LogP contribution in [0.5, 0.6) is 0 Å². The molecule has 4 rings (SSSR count). The first-order chi connectivity index (χ1) is 16.5. The standard InChI is InChI=1S/C21H25F4N7O3/c1-10(2)26-20(33)35-15-5-4-13(18(15)22)14-7-16(31-30-14)29-19-27-11(3)6-17-28-12(8-32(17)19)9-34-21(23,24)25/h6-8,10,13,15,18H,4-5,9H2,1-3H3,(H,26,33)(H2,27,29,30,31)/t13-,15-,18-/m0/s1. The van der Waals surface area contributed by atoms with Crippen LogP contribution in [0.2, 0.25) is 0 Å². The van der Waals surface area contributed by atoms with Crippen molar-refractivity contribution in [2.75, 3.05) is 5.32 Å². The summed E-state index contributed by atoms with van der Waals surface area (Å²) in [5.74, 6) is 0.0497. The molecule has 1 fully saturated rings. The van der Waals surface area contributed by atoms with Gasteiger partial charge in [0.05, 0.1) is 12.3 Å². The minimum Gasteiger partial charge on any atom is -0.443 e. The molecule has 1 aliphatic rings. The largest absolute Gasteiger partial charge is 0.522 e. The third kappa shape index (κ3) is 5.99. The predicted octanol–water partition coefficient (Wildman–Crippen LogP) is 4.26. The molecule has 3 N–H and O–H groups in total. The van der Waals surface area contributed by atoms with Gasteiger partial charge in [-0.25, -0.2) is 19.2 Å². The van der Waals surface area contributed by atoms with Crippen molar-refractivity contribution in [1.82, 2.24) is 29.9 Å². The normalized spacial score (nSPS) is 20.5. The number of nitrogens with zero attached hydrogens (tertiary/aromatic N) is 4. The molecule has 0 aliphatic heterocycles. The van der Waals surface area contributed by atoms with Crippen molar-refractivity contribution in [3.63, 3.8) is 0 Å². The van der Waals surface area contributed by atoms with Crippen LogP contribution in [-0.2, 0) is 16.1 Å². The number of aryl methyl sites for hydroxylation is 1. The van der Waals surface area contributed by atoms with Gasteiger partial charge in [-0.1, -0.05) is 0 Å². The third-order valence-electron chi connectivity index (χ3n) is 5.42. The monoisotopic (exact) mass is 499 g/mol. The number of aromatic amines is 1. The molecule has 1 aliphatic carbocycles. The number of H-pyrrole nitrogens is 1. The number of carbonyl (C=O) groups excluding carboxylic acids is 1. The maximum absolute atomic E-state index is 15.0. The molecule has 3 heterocycles. The van der Waals surface area contributed by atoms with E-state index in [1.54, 1.807) is 32.9 Å². The van der Waals surface area contributed by atoms with Crippen LogP contribution < -0.4 is 10.6 Å². The van der Waals surface area contributed by atoms with Gasteiger partial charge in [0.25, 0.3) is 0 Å². The SMILES string of the molecule is Cc1cc2nc(COC(F)(F)F)cn2c(Nc2cc([C@@H]3CC[C@H](OC(=O)NC(C)C)[C@H]3F)[nH]n2)n1. The average molecular weight is 499 g/mol. The molecule has 10 nitrogen and oxygen atoms in total. The highest BCUT2D eigenvalue weighted by molar-refractivity contribution is 5.67. The van der Waals surface area contributed by atoms with E-state index in [0.29, 0.717) is 35.7 Å². The van der Waals surface area contributed by atoms with Crippen molar-refractivity contribution in [2.45, 2.75) is 70.8 Å².